The molecule has 1 nitrogen and oxygen atoms in total. The molecule has 0 unspecified atom stereocenters. The zero-order valence-corrected chi connectivity index (χ0v) is 9.85. The summed E-state index contributed by atoms with van der Waals surface area (Å²) in [4.78, 5) is 0.988. The first-order valence-corrected chi connectivity index (χ1v) is 5.32. The Balaban J connectivity index is 3.14. The Hall–Kier alpha value is -0.0400. The van der Waals surface area contributed by atoms with E-state index in [4.69, 9.17) is 16.9 Å². The maximum atomic E-state index is 8.85. The molecule has 1 aromatic heterocycles. The fraction of sp³-hybridized carbons (Fsp3) is 0.375. The highest BCUT2D eigenvalue weighted by atomic mass is 79.9. The molecule has 0 fully saturated rings. The number of halogens is 2. The third-order valence-electron chi connectivity index (χ3n) is 1.54. The first-order chi connectivity index (χ1) is 5.47. The first-order valence-electron chi connectivity index (χ1n) is 3.34. The van der Waals surface area contributed by atoms with Crippen molar-refractivity contribution < 1.29 is 0 Å². The van der Waals surface area contributed by atoms with Crippen molar-refractivity contribution in [1.82, 2.24) is 0 Å². The number of rotatable bonds is 1. The average Bonchev–Trinajstić information content (AvgIpc) is 2.33. The van der Waals surface area contributed by atoms with E-state index in [9.17, 15) is 0 Å². The molecule has 0 spiro atoms. The Morgan fingerprint density at radius 1 is 1.67 bits per heavy atom. The van der Waals surface area contributed by atoms with Gasteiger partial charge >= 0.3 is 0 Å². The average molecular weight is 265 g/mol. The smallest absolute Gasteiger partial charge is 0.107 e. The van der Waals surface area contributed by atoms with E-state index in [1.807, 2.05) is 19.9 Å². The summed E-state index contributed by atoms with van der Waals surface area (Å²) >= 11 is 10.6. The summed E-state index contributed by atoms with van der Waals surface area (Å²) in [6, 6.07) is 4.13. The highest BCUT2D eigenvalue weighted by Crippen LogP contribution is 2.37. The SMILES string of the molecule is CC(C)(C#N)c1cc(Br)c(Cl)s1. The second-order valence-electron chi connectivity index (χ2n) is 2.97. The van der Waals surface area contributed by atoms with Crippen LogP contribution in [0.1, 0.15) is 18.7 Å². The van der Waals surface area contributed by atoms with Crippen LogP contribution in [0.3, 0.4) is 0 Å². The van der Waals surface area contributed by atoms with Crippen LogP contribution in [0.15, 0.2) is 10.5 Å². The molecule has 12 heavy (non-hydrogen) atoms. The molecule has 64 valence electrons. The van der Waals surface area contributed by atoms with E-state index in [1.165, 1.54) is 11.3 Å². The van der Waals surface area contributed by atoms with Crippen LogP contribution in [0, 0.1) is 11.3 Å². The summed E-state index contributed by atoms with van der Waals surface area (Å²) in [5, 5.41) is 8.85. The highest BCUT2D eigenvalue weighted by molar-refractivity contribution is 9.10. The molecule has 0 radical (unpaired) electrons. The molecular weight excluding hydrogens is 258 g/mol. The molecule has 0 saturated heterocycles. The molecule has 0 N–H and O–H groups in total. The molecule has 1 aromatic rings. The number of hydrogen-bond acceptors (Lipinski definition) is 2. The minimum Gasteiger partial charge on any atom is -0.197 e. The maximum Gasteiger partial charge on any atom is 0.107 e. The van der Waals surface area contributed by atoms with Crippen molar-refractivity contribution in [2.45, 2.75) is 19.3 Å². The van der Waals surface area contributed by atoms with E-state index in [1.54, 1.807) is 0 Å². The van der Waals surface area contributed by atoms with Gasteiger partial charge < -0.3 is 0 Å². The van der Waals surface area contributed by atoms with Crippen molar-refractivity contribution in [1.29, 1.82) is 5.26 Å². The van der Waals surface area contributed by atoms with Crippen LogP contribution in [0.25, 0.3) is 0 Å². The van der Waals surface area contributed by atoms with Crippen molar-refractivity contribution in [3.63, 3.8) is 0 Å². The largest absolute Gasteiger partial charge is 0.197 e. The van der Waals surface area contributed by atoms with Gasteiger partial charge in [-0.05, 0) is 35.8 Å². The summed E-state index contributed by atoms with van der Waals surface area (Å²) in [5.41, 5.74) is -0.444. The fourth-order valence-corrected chi connectivity index (χ4v) is 2.46. The van der Waals surface area contributed by atoms with Gasteiger partial charge in [0.2, 0.25) is 0 Å². The molecule has 4 heteroatoms. The number of hydrogen-bond donors (Lipinski definition) is 0. The predicted molar refractivity (Wildman–Crippen MR) is 55.7 cm³/mol. The van der Waals surface area contributed by atoms with Crippen molar-refractivity contribution in [2.75, 3.05) is 0 Å². The topological polar surface area (TPSA) is 23.8 Å². The van der Waals surface area contributed by atoms with Gasteiger partial charge in [0.25, 0.3) is 0 Å². The quantitative estimate of drug-likeness (QED) is 0.753. The normalized spacial score (nSPS) is 11.2. The van der Waals surface area contributed by atoms with Crippen LogP contribution >= 0.6 is 38.9 Å². The summed E-state index contributed by atoms with van der Waals surface area (Å²) < 4.78 is 1.57. The minimum absolute atomic E-state index is 0.444. The van der Waals surface area contributed by atoms with E-state index < -0.39 is 5.41 Å². The van der Waals surface area contributed by atoms with Gasteiger partial charge in [0.15, 0.2) is 0 Å². The lowest BCUT2D eigenvalue weighted by Crippen LogP contribution is -2.10. The standard InChI is InChI=1S/C8H7BrClNS/c1-8(2,4-11)6-3-5(9)7(10)12-6/h3H,1-2H3. The molecule has 0 bridgehead atoms. The number of nitriles is 1. The van der Waals surface area contributed by atoms with E-state index in [0.717, 1.165) is 9.35 Å². The summed E-state index contributed by atoms with van der Waals surface area (Å²) in [7, 11) is 0. The molecule has 0 saturated carbocycles. The first kappa shape index (κ1) is 10.0. The van der Waals surface area contributed by atoms with Gasteiger partial charge in [-0.1, -0.05) is 11.6 Å². The molecule has 0 aliphatic carbocycles. The van der Waals surface area contributed by atoms with Gasteiger partial charge in [-0.15, -0.1) is 11.3 Å². The van der Waals surface area contributed by atoms with Gasteiger partial charge in [0.1, 0.15) is 4.34 Å². The molecule has 0 atom stereocenters. The van der Waals surface area contributed by atoms with Gasteiger partial charge in [-0.2, -0.15) is 5.26 Å². The molecule has 0 aromatic carbocycles. The molecule has 0 amide bonds. The number of thiophene rings is 1. The summed E-state index contributed by atoms with van der Waals surface area (Å²) in [5.74, 6) is 0. The zero-order valence-electron chi connectivity index (χ0n) is 6.69. The van der Waals surface area contributed by atoms with Gasteiger partial charge in [0.05, 0.1) is 11.5 Å². The van der Waals surface area contributed by atoms with Gasteiger partial charge in [-0.3, -0.25) is 0 Å². The van der Waals surface area contributed by atoms with E-state index >= 15 is 0 Å². The molecule has 0 aliphatic rings. The Morgan fingerprint density at radius 2 is 2.25 bits per heavy atom. The van der Waals surface area contributed by atoms with Crippen molar-refractivity contribution in [2.24, 2.45) is 0 Å². The minimum atomic E-state index is -0.444. The third-order valence-corrected chi connectivity index (χ3v) is 4.34. The highest BCUT2D eigenvalue weighted by Gasteiger charge is 2.23. The molecule has 1 rings (SSSR count). The Morgan fingerprint density at radius 3 is 2.58 bits per heavy atom. The third kappa shape index (κ3) is 1.82. The second kappa shape index (κ2) is 3.37. The van der Waals surface area contributed by atoms with Crippen LogP contribution in [0.2, 0.25) is 4.34 Å². The van der Waals surface area contributed by atoms with E-state index in [-0.39, 0.29) is 0 Å². The Labute approximate surface area is 89.1 Å². The van der Waals surface area contributed by atoms with Crippen LogP contribution in [-0.2, 0) is 5.41 Å². The Kier molecular flexibility index (Phi) is 2.82. The van der Waals surface area contributed by atoms with Crippen LogP contribution in [0.5, 0.6) is 0 Å². The van der Waals surface area contributed by atoms with E-state index in [2.05, 4.69) is 22.0 Å². The van der Waals surface area contributed by atoms with Crippen molar-refractivity contribution in [3.8, 4) is 6.07 Å². The molecular formula is C8H7BrClNS. The second-order valence-corrected chi connectivity index (χ2v) is 5.48. The predicted octanol–water partition coefficient (Wildman–Crippen LogP) is 3.97. The molecule has 1 heterocycles. The molecule has 0 aliphatic heterocycles. The fourth-order valence-electron chi connectivity index (χ4n) is 0.710. The van der Waals surface area contributed by atoms with Crippen LogP contribution < -0.4 is 0 Å². The Bertz CT molecular complexity index is 318. The lowest BCUT2D eigenvalue weighted by atomic mass is 9.94. The number of nitrogens with zero attached hydrogens (tertiary/aromatic N) is 1. The summed E-state index contributed by atoms with van der Waals surface area (Å²) in [6.45, 7) is 3.75. The van der Waals surface area contributed by atoms with Crippen molar-refractivity contribution in [3.05, 3.63) is 19.8 Å². The van der Waals surface area contributed by atoms with Gasteiger partial charge in [0, 0.05) is 9.35 Å². The van der Waals surface area contributed by atoms with Crippen LogP contribution in [0.4, 0.5) is 0 Å². The van der Waals surface area contributed by atoms with Crippen LogP contribution in [-0.4, -0.2) is 0 Å². The zero-order chi connectivity index (χ0) is 9.35. The van der Waals surface area contributed by atoms with Crippen molar-refractivity contribution >= 4 is 38.9 Å². The monoisotopic (exact) mass is 263 g/mol. The maximum absolute atomic E-state index is 8.85. The lowest BCUT2D eigenvalue weighted by Gasteiger charge is -2.11. The van der Waals surface area contributed by atoms with E-state index in [0.29, 0.717) is 4.34 Å². The van der Waals surface area contributed by atoms with Gasteiger partial charge in [-0.25, -0.2) is 0 Å². The summed E-state index contributed by atoms with van der Waals surface area (Å²) in [6.07, 6.45) is 0. The lowest BCUT2D eigenvalue weighted by molar-refractivity contribution is 0.703.